The molecule has 0 saturated carbocycles. The Bertz CT molecular complexity index is 1050. The van der Waals surface area contributed by atoms with Gasteiger partial charge in [0.25, 0.3) is 0 Å². The van der Waals surface area contributed by atoms with Crippen molar-refractivity contribution in [2.45, 2.75) is 32.2 Å². The molecule has 4 rings (SSSR count). The summed E-state index contributed by atoms with van der Waals surface area (Å²) in [7, 11) is 0. The van der Waals surface area contributed by atoms with Gasteiger partial charge in [0.05, 0.1) is 42.8 Å². The lowest BCUT2D eigenvalue weighted by Crippen LogP contribution is -2.44. The average Bonchev–Trinajstić information content (AvgIpc) is 3.33. The van der Waals surface area contributed by atoms with Crippen LogP contribution in [-0.2, 0) is 10.2 Å². The molecule has 28 heavy (non-hydrogen) atoms. The Balaban J connectivity index is 1.96. The Kier molecular flexibility index (Phi) is 5.29. The zero-order chi connectivity index (χ0) is 19.9. The highest BCUT2D eigenvalue weighted by atomic mass is 127. The predicted molar refractivity (Wildman–Crippen MR) is 119 cm³/mol. The third-order valence-electron chi connectivity index (χ3n) is 5.09. The van der Waals surface area contributed by atoms with Crippen molar-refractivity contribution in [1.82, 2.24) is 24.7 Å². The quantitative estimate of drug-likeness (QED) is 0.427. The Hall–Kier alpha value is -1.76. The van der Waals surface area contributed by atoms with Crippen molar-refractivity contribution < 1.29 is 4.74 Å². The summed E-state index contributed by atoms with van der Waals surface area (Å²) >= 11 is 2.30. The molecule has 0 spiro atoms. The molecular weight excluding hydrogens is 488 g/mol. The summed E-state index contributed by atoms with van der Waals surface area (Å²) in [5.74, 6) is 0.854. The third-order valence-corrected chi connectivity index (χ3v) is 6.98. The van der Waals surface area contributed by atoms with Gasteiger partial charge in [-0.2, -0.15) is 15.5 Å². The summed E-state index contributed by atoms with van der Waals surface area (Å²) in [5.41, 5.74) is 3.45. The Morgan fingerprint density at radius 1 is 1.43 bits per heavy atom. The molecule has 1 unspecified atom stereocenters. The van der Waals surface area contributed by atoms with Crippen LogP contribution in [0.5, 0.6) is 0 Å². The van der Waals surface area contributed by atoms with E-state index in [-0.39, 0.29) is 6.04 Å². The first-order chi connectivity index (χ1) is 13.5. The number of rotatable bonds is 4. The van der Waals surface area contributed by atoms with Crippen LogP contribution in [0.4, 0.5) is 5.82 Å². The van der Waals surface area contributed by atoms with Gasteiger partial charge in [-0.15, -0.1) is 0 Å². The molecule has 0 aliphatic carbocycles. The van der Waals surface area contributed by atoms with Crippen LogP contribution in [0.1, 0.15) is 26.3 Å². The Labute approximate surface area is 178 Å². The lowest BCUT2D eigenvalue weighted by atomic mass is 9.85. The van der Waals surface area contributed by atoms with Crippen molar-refractivity contribution in [3.05, 3.63) is 23.9 Å². The highest BCUT2D eigenvalue weighted by Crippen LogP contribution is 2.37. The van der Waals surface area contributed by atoms with Crippen LogP contribution < -0.4 is 4.90 Å². The maximum absolute atomic E-state index is 9.78. The van der Waals surface area contributed by atoms with Gasteiger partial charge >= 0.3 is 0 Å². The van der Waals surface area contributed by atoms with Gasteiger partial charge in [-0.05, 0) is 54.9 Å². The molecule has 3 aromatic rings. The van der Waals surface area contributed by atoms with Gasteiger partial charge in [-0.1, -0.05) is 0 Å². The molecule has 0 amide bonds. The van der Waals surface area contributed by atoms with Crippen molar-refractivity contribution in [3.63, 3.8) is 0 Å². The fourth-order valence-electron chi connectivity index (χ4n) is 3.47. The molecule has 0 bridgehead atoms. The van der Waals surface area contributed by atoms with Gasteiger partial charge < -0.3 is 9.64 Å². The number of fused-ring (bicyclic) bond motifs is 1. The van der Waals surface area contributed by atoms with E-state index in [1.54, 1.807) is 6.20 Å². The van der Waals surface area contributed by atoms with Gasteiger partial charge in [0.15, 0.2) is 0 Å². The molecule has 3 aromatic heterocycles. The molecule has 0 radical (unpaired) electrons. The average molecular weight is 509 g/mol. The van der Waals surface area contributed by atoms with Crippen LogP contribution in [0.3, 0.4) is 0 Å². The van der Waals surface area contributed by atoms with E-state index in [4.69, 9.17) is 9.72 Å². The smallest absolute Gasteiger partial charge is 0.130 e. The number of hydrogen-bond acceptors (Lipinski definition) is 6. The van der Waals surface area contributed by atoms with Crippen LogP contribution in [0, 0.1) is 11.3 Å². The van der Waals surface area contributed by atoms with Gasteiger partial charge in [0.1, 0.15) is 22.5 Å². The summed E-state index contributed by atoms with van der Waals surface area (Å²) in [6.07, 6.45) is 2.25. The standard InChI is InChI=1S/C18H21IN7OP/c1-11-9-27-7-6-25(11)14-8-12(18(2,3)10-20)15-17(22-14)16(24-23-15)13-4-5-21-26(13)28-19/h4-5,8,11,28H,6-7,9H2,1-3H3,(H,23,24)/t11-/m1/s1. The van der Waals surface area contributed by atoms with Gasteiger partial charge in [0.2, 0.25) is 0 Å². The van der Waals surface area contributed by atoms with Gasteiger partial charge in [-0.25, -0.2) is 9.44 Å². The fraction of sp³-hybridized carbons (Fsp3) is 0.444. The second-order valence-corrected chi connectivity index (χ2v) is 9.43. The summed E-state index contributed by atoms with van der Waals surface area (Å²) in [5, 5.41) is 21.8. The molecule has 10 heteroatoms. The van der Waals surface area contributed by atoms with Crippen molar-refractivity contribution in [3.8, 4) is 17.5 Å². The maximum Gasteiger partial charge on any atom is 0.130 e. The topological polar surface area (TPSA) is 95.6 Å². The number of nitrogens with one attached hydrogen (secondary N) is 1. The second-order valence-electron chi connectivity index (χ2n) is 7.39. The Morgan fingerprint density at radius 2 is 2.25 bits per heavy atom. The van der Waals surface area contributed by atoms with Crippen LogP contribution in [0.2, 0.25) is 0 Å². The van der Waals surface area contributed by atoms with E-state index in [1.807, 2.05) is 30.4 Å². The number of anilines is 1. The van der Waals surface area contributed by atoms with Crippen LogP contribution in [0.25, 0.3) is 22.4 Å². The first kappa shape index (κ1) is 19.6. The van der Waals surface area contributed by atoms with Crippen LogP contribution in [-0.4, -0.2) is 50.5 Å². The maximum atomic E-state index is 9.78. The summed E-state index contributed by atoms with van der Waals surface area (Å²) in [4.78, 5) is 7.22. The minimum absolute atomic E-state index is 0.216. The monoisotopic (exact) mass is 509 g/mol. The number of hydrogen-bond donors (Lipinski definition) is 1. The summed E-state index contributed by atoms with van der Waals surface area (Å²) < 4.78 is 7.51. The fourth-order valence-corrected chi connectivity index (χ4v) is 5.01. The molecular formula is C18H21IN7OP. The van der Waals surface area contributed by atoms with Crippen molar-refractivity contribution in [2.75, 3.05) is 24.7 Å². The Morgan fingerprint density at radius 3 is 2.96 bits per heavy atom. The largest absolute Gasteiger partial charge is 0.377 e. The number of aromatic amines is 1. The van der Waals surface area contributed by atoms with E-state index in [2.05, 4.69) is 55.2 Å². The second kappa shape index (κ2) is 7.58. The van der Waals surface area contributed by atoms with Crippen LogP contribution in [0.15, 0.2) is 18.3 Å². The minimum Gasteiger partial charge on any atom is -0.377 e. The molecule has 1 fully saturated rings. The normalized spacial score (nSPS) is 18.2. The van der Waals surface area contributed by atoms with Crippen LogP contribution >= 0.6 is 28.4 Å². The highest BCUT2D eigenvalue weighted by molar-refractivity contribution is 14.2. The molecule has 1 N–H and O–H groups in total. The van der Waals surface area contributed by atoms with E-state index in [0.29, 0.717) is 19.6 Å². The van der Waals surface area contributed by atoms with E-state index in [0.717, 1.165) is 40.3 Å². The van der Waals surface area contributed by atoms with E-state index in [1.165, 1.54) is 0 Å². The van der Waals surface area contributed by atoms with E-state index < -0.39 is 5.41 Å². The molecule has 1 aliphatic heterocycles. The first-order valence-electron chi connectivity index (χ1n) is 9.02. The summed E-state index contributed by atoms with van der Waals surface area (Å²) in [6.45, 7) is 8.06. The first-order valence-corrected chi connectivity index (χ1v) is 13.1. The zero-order valence-electron chi connectivity index (χ0n) is 15.9. The number of pyridine rings is 1. The molecule has 2 atom stereocenters. The van der Waals surface area contributed by atoms with E-state index in [9.17, 15) is 5.26 Å². The van der Waals surface area contributed by atoms with E-state index >= 15 is 0 Å². The van der Waals surface area contributed by atoms with Crippen molar-refractivity contribution in [2.24, 2.45) is 0 Å². The minimum atomic E-state index is -0.691. The number of ether oxygens (including phenoxy) is 1. The lowest BCUT2D eigenvalue weighted by molar-refractivity contribution is 0.0985. The van der Waals surface area contributed by atoms with Gasteiger partial charge in [-0.3, -0.25) is 5.10 Å². The highest BCUT2D eigenvalue weighted by Gasteiger charge is 2.30. The molecule has 8 nitrogen and oxygen atoms in total. The number of H-pyrrole nitrogens is 1. The number of halogens is 1. The SMILES string of the molecule is C[C@@H]1COCCN1c1cc(C(C)(C)C#N)c2n[nH]c(-c3ccnn3PI)c2n1. The number of aromatic nitrogens is 5. The van der Waals surface area contributed by atoms with Gasteiger partial charge in [0, 0.05) is 18.3 Å². The third kappa shape index (κ3) is 3.27. The number of nitrogens with zero attached hydrogens (tertiary/aromatic N) is 6. The number of nitriles is 1. The van der Waals surface area contributed by atoms with Crippen molar-refractivity contribution in [1.29, 1.82) is 5.26 Å². The zero-order valence-corrected chi connectivity index (χ0v) is 19.1. The molecule has 0 aromatic carbocycles. The van der Waals surface area contributed by atoms with Crippen molar-refractivity contribution >= 4 is 45.3 Å². The molecule has 1 saturated heterocycles. The number of morpholine rings is 1. The lowest BCUT2D eigenvalue weighted by Gasteiger charge is -2.35. The predicted octanol–water partition coefficient (Wildman–Crippen LogP) is 3.64. The summed E-state index contributed by atoms with van der Waals surface area (Å²) in [6, 6.07) is 6.60. The molecule has 1 aliphatic rings. The molecule has 4 heterocycles. The molecule has 146 valence electrons.